The van der Waals surface area contributed by atoms with Gasteiger partial charge >= 0.3 is 6.18 Å². The Hall–Kier alpha value is -2.01. The highest BCUT2D eigenvalue weighted by molar-refractivity contribution is 5.32. The number of alkyl halides is 3. The first-order chi connectivity index (χ1) is 10.0. The molecule has 1 unspecified atom stereocenters. The molecular formula is C16H16F3NO. The fourth-order valence-electron chi connectivity index (χ4n) is 2.08. The van der Waals surface area contributed by atoms with E-state index >= 15 is 0 Å². The highest BCUT2D eigenvalue weighted by Gasteiger charge is 2.34. The molecule has 5 heteroatoms. The Morgan fingerprint density at radius 3 is 2.24 bits per heavy atom. The van der Waals surface area contributed by atoms with Crippen LogP contribution in [0.1, 0.15) is 17.2 Å². The molecule has 0 bridgehead atoms. The van der Waals surface area contributed by atoms with Gasteiger partial charge in [-0.3, -0.25) is 0 Å². The Bertz CT molecular complexity index is 569. The van der Waals surface area contributed by atoms with E-state index in [-0.39, 0.29) is 12.2 Å². The molecule has 1 N–H and O–H groups in total. The van der Waals surface area contributed by atoms with E-state index in [4.69, 9.17) is 4.74 Å². The van der Waals surface area contributed by atoms with Gasteiger partial charge in [-0.25, -0.2) is 0 Å². The van der Waals surface area contributed by atoms with Gasteiger partial charge in [0.25, 0.3) is 0 Å². The molecular weight excluding hydrogens is 279 g/mol. The molecule has 0 radical (unpaired) electrons. The van der Waals surface area contributed by atoms with Crippen molar-refractivity contribution in [3.05, 3.63) is 65.7 Å². The van der Waals surface area contributed by atoms with Gasteiger partial charge < -0.3 is 10.1 Å². The molecule has 112 valence electrons. The van der Waals surface area contributed by atoms with Crippen LogP contribution >= 0.6 is 0 Å². The molecule has 2 rings (SSSR count). The summed E-state index contributed by atoms with van der Waals surface area (Å²) in [6.45, 7) is 0.119. The Kier molecular flexibility index (Phi) is 4.85. The molecule has 0 saturated carbocycles. The molecule has 2 aromatic rings. The number of likely N-dealkylation sites (N-methyl/N-ethyl adjacent to an activating group) is 1. The van der Waals surface area contributed by atoms with Crippen LogP contribution in [0.3, 0.4) is 0 Å². The van der Waals surface area contributed by atoms with Crippen LogP contribution in [0.15, 0.2) is 54.6 Å². The molecule has 0 saturated heterocycles. The maximum absolute atomic E-state index is 13.0. The van der Waals surface area contributed by atoms with Crippen LogP contribution in [0.2, 0.25) is 0 Å². The standard InChI is InChI=1S/C16H16F3NO/c1-20-15(11-21-12-7-3-2-4-8-12)13-9-5-6-10-14(13)16(17,18)19/h2-10,15,20H,11H2,1H3. The van der Waals surface area contributed by atoms with E-state index in [0.717, 1.165) is 6.07 Å². The minimum absolute atomic E-state index is 0.119. The van der Waals surface area contributed by atoms with Crippen molar-refractivity contribution in [1.82, 2.24) is 5.32 Å². The number of ether oxygens (including phenoxy) is 1. The van der Waals surface area contributed by atoms with E-state index in [0.29, 0.717) is 5.75 Å². The van der Waals surface area contributed by atoms with Crippen molar-refractivity contribution in [1.29, 1.82) is 0 Å². The van der Waals surface area contributed by atoms with Crippen LogP contribution in [0, 0.1) is 0 Å². The maximum atomic E-state index is 13.0. The number of para-hydroxylation sites is 1. The summed E-state index contributed by atoms with van der Waals surface area (Å²) in [5.74, 6) is 0.627. The summed E-state index contributed by atoms with van der Waals surface area (Å²) >= 11 is 0. The van der Waals surface area contributed by atoms with E-state index in [2.05, 4.69) is 5.32 Å². The quantitative estimate of drug-likeness (QED) is 0.898. The Balaban J connectivity index is 2.18. The number of halogens is 3. The first-order valence-electron chi connectivity index (χ1n) is 6.53. The lowest BCUT2D eigenvalue weighted by Crippen LogP contribution is -2.26. The van der Waals surface area contributed by atoms with Gasteiger partial charge in [0.15, 0.2) is 0 Å². The monoisotopic (exact) mass is 295 g/mol. The van der Waals surface area contributed by atoms with Crippen molar-refractivity contribution in [3.8, 4) is 5.75 Å². The molecule has 0 fully saturated rings. The van der Waals surface area contributed by atoms with Crippen LogP contribution in [0.25, 0.3) is 0 Å². The lowest BCUT2D eigenvalue weighted by Gasteiger charge is -2.21. The van der Waals surface area contributed by atoms with Crippen molar-refractivity contribution in [3.63, 3.8) is 0 Å². The molecule has 1 atom stereocenters. The van der Waals surface area contributed by atoms with Crippen molar-refractivity contribution in [2.24, 2.45) is 0 Å². The molecule has 21 heavy (non-hydrogen) atoms. The predicted molar refractivity (Wildman–Crippen MR) is 75.2 cm³/mol. The fraction of sp³-hybridized carbons (Fsp3) is 0.250. The first kappa shape index (κ1) is 15.4. The topological polar surface area (TPSA) is 21.3 Å². The number of nitrogens with one attached hydrogen (secondary N) is 1. The van der Waals surface area contributed by atoms with E-state index in [1.165, 1.54) is 12.1 Å². The maximum Gasteiger partial charge on any atom is 0.416 e. The van der Waals surface area contributed by atoms with Crippen LogP contribution in [-0.4, -0.2) is 13.7 Å². The van der Waals surface area contributed by atoms with Gasteiger partial charge in [0.1, 0.15) is 12.4 Å². The second-order valence-corrected chi connectivity index (χ2v) is 4.55. The van der Waals surface area contributed by atoms with Gasteiger partial charge in [0, 0.05) is 0 Å². The zero-order chi connectivity index (χ0) is 15.3. The minimum Gasteiger partial charge on any atom is -0.492 e. The third-order valence-electron chi connectivity index (χ3n) is 3.15. The SMILES string of the molecule is CNC(COc1ccccc1)c1ccccc1C(F)(F)F. The Morgan fingerprint density at radius 2 is 1.62 bits per heavy atom. The van der Waals surface area contributed by atoms with Gasteiger partial charge in [-0.05, 0) is 30.8 Å². The molecule has 0 aliphatic rings. The highest BCUT2D eigenvalue weighted by atomic mass is 19.4. The molecule has 0 amide bonds. The first-order valence-corrected chi connectivity index (χ1v) is 6.53. The van der Waals surface area contributed by atoms with Gasteiger partial charge in [-0.1, -0.05) is 36.4 Å². The average molecular weight is 295 g/mol. The number of hydrogen-bond acceptors (Lipinski definition) is 2. The van der Waals surface area contributed by atoms with Crippen molar-refractivity contribution in [2.45, 2.75) is 12.2 Å². The van der Waals surface area contributed by atoms with Crippen LogP contribution in [-0.2, 0) is 6.18 Å². The fourth-order valence-corrected chi connectivity index (χ4v) is 2.08. The van der Waals surface area contributed by atoms with Crippen molar-refractivity contribution >= 4 is 0 Å². The third kappa shape index (κ3) is 3.98. The average Bonchev–Trinajstić information content (AvgIpc) is 2.48. The third-order valence-corrected chi connectivity index (χ3v) is 3.15. The minimum atomic E-state index is -4.38. The van der Waals surface area contributed by atoms with Gasteiger partial charge in [-0.2, -0.15) is 13.2 Å². The second kappa shape index (κ2) is 6.63. The zero-order valence-electron chi connectivity index (χ0n) is 11.5. The van der Waals surface area contributed by atoms with Crippen LogP contribution in [0.4, 0.5) is 13.2 Å². The molecule has 0 heterocycles. The summed E-state index contributed by atoms with van der Waals surface area (Å²) in [5.41, 5.74) is -0.454. The lowest BCUT2D eigenvalue weighted by molar-refractivity contribution is -0.138. The van der Waals surface area contributed by atoms with Gasteiger partial charge in [0.2, 0.25) is 0 Å². The number of rotatable bonds is 5. The summed E-state index contributed by atoms with van der Waals surface area (Å²) in [5, 5.41) is 2.88. The predicted octanol–water partition coefficient (Wildman–Crippen LogP) is 4.04. The Labute approximate surface area is 121 Å². The summed E-state index contributed by atoms with van der Waals surface area (Å²) in [6.07, 6.45) is -4.38. The second-order valence-electron chi connectivity index (χ2n) is 4.55. The van der Waals surface area contributed by atoms with Crippen molar-refractivity contribution < 1.29 is 17.9 Å². The summed E-state index contributed by atoms with van der Waals surface area (Å²) in [6, 6.07) is 14.0. The Morgan fingerprint density at radius 1 is 1.00 bits per heavy atom. The van der Waals surface area contributed by atoms with Crippen molar-refractivity contribution in [2.75, 3.05) is 13.7 Å². The van der Waals surface area contributed by atoms with E-state index in [1.807, 2.05) is 18.2 Å². The smallest absolute Gasteiger partial charge is 0.416 e. The zero-order valence-corrected chi connectivity index (χ0v) is 11.5. The van der Waals surface area contributed by atoms with Crippen LogP contribution in [0.5, 0.6) is 5.75 Å². The van der Waals surface area contributed by atoms with E-state index in [9.17, 15) is 13.2 Å². The summed E-state index contributed by atoms with van der Waals surface area (Å²) in [4.78, 5) is 0. The van der Waals surface area contributed by atoms with E-state index < -0.39 is 17.8 Å². The summed E-state index contributed by atoms with van der Waals surface area (Å²) in [7, 11) is 1.62. The van der Waals surface area contributed by atoms with Gasteiger partial charge in [-0.15, -0.1) is 0 Å². The number of hydrogen-bond donors (Lipinski definition) is 1. The lowest BCUT2D eigenvalue weighted by atomic mass is 10.0. The molecule has 0 aromatic heterocycles. The molecule has 2 nitrogen and oxygen atoms in total. The normalized spacial score (nSPS) is 13.0. The molecule has 0 aliphatic heterocycles. The van der Waals surface area contributed by atoms with E-state index in [1.54, 1.807) is 25.2 Å². The molecule has 0 aliphatic carbocycles. The molecule has 2 aromatic carbocycles. The largest absolute Gasteiger partial charge is 0.492 e. The summed E-state index contributed by atoms with van der Waals surface area (Å²) < 4.78 is 44.7. The van der Waals surface area contributed by atoms with Gasteiger partial charge in [0.05, 0.1) is 11.6 Å². The molecule has 0 spiro atoms. The van der Waals surface area contributed by atoms with Crippen LogP contribution < -0.4 is 10.1 Å². The number of benzene rings is 2. The highest BCUT2D eigenvalue weighted by Crippen LogP contribution is 2.34.